The molecule has 2 heterocycles. The summed E-state index contributed by atoms with van der Waals surface area (Å²) < 4.78 is 28.7. The van der Waals surface area contributed by atoms with Gasteiger partial charge in [0.25, 0.3) is 5.91 Å². The van der Waals surface area contributed by atoms with E-state index < -0.39 is 0 Å². The van der Waals surface area contributed by atoms with Crippen molar-refractivity contribution in [1.82, 2.24) is 4.98 Å². The molecule has 0 aliphatic carbocycles. The second-order valence-electron chi connectivity index (χ2n) is 7.52. The molecule has 1 saturated heterocycles. The Balaban J connectivity index is 1.74. The van der Waals surface area contributed by atoms with Crippen LogP contribution >= 0.6 is 11.3 Å². The van der Waals surface area contributed by atoms with Gasteiger partial charge in [0.15, 0.2) is 16.6 Å². The first kappa shape index (κ1) is 23.1. The average Bonchev–Trinajstić information content (AvgIpc) is 3.50. The van der Waals surface area contributed by atoms with E-state index in [4.69, 9.17) is 28.7 Å². The standard InChI is InChI=1S/C24H28N2O6S/c1-5-31-16-8-9-18-21(13-16)33-24(25-18)26(14-17-7-6-10-32-17)23(27)15-11-19(28-2)22(30-4)20(12-15)29-3/h8-9,11-13,17H,5-7,10,14H2,1-4H3. The number of ether oxygens (including phenoxy) is 5. The average molecular weight is 473 g/mol. The van der Waals surface area contributed by atoms with E-state index in [-0.39, 0.29) is 12.0 Å². The van der Waals surface area contributed by atoms with Gasteiger partial charge in [-0.1, -0.05) is 11.3 Å². The van der Waals surface area contributed by atoms with E-state index in [1.807, 2.05) is 25.1 Å². The molecule has 0 bridgehead atoms. The number of anilines is 1. The normalized spacial score (nSPS) is 15.5. The van der Waals surface area contributed by atoms with E-state index in [0.29, 0.717) is 47.7 Å². The van der Waals surface area contributed by atoms with Crippen LogP contribution in [0.5, 0.6) is 23.0 Å². The summed E-state index contributed by atoms with van der Waals surface area (Å²) in [4.78, 5) is 20.2. The van der Waals surface area contributed by atoms with Crippen molar-refractivity contribution in [1.29, 1.82) is 0 Å². The van der Waals surface area contributed by atoms with E-state index in [1.165, 1.54) is 32.7 Å². The minimum absolute atomic E-state index is 0.0398. The summed E-state index contributed by atoms with van der Waals surface area (Å²) in [5, 5.41) is 0.605. The number of nitrogens with zero attached hydrogens (tertiary/aromatic N) is 2. The van der Waals surface area contributed by atoms with Gasteiger partial charge in [0.2, 0.25) is 5.75 Å². The van der Waals surface area contributed by atoms with Crippen molar-refractivity contribution in [2.45, 2.75) is 25.9 Å². The van der Waals surface area contributed by atoms with Crippen molar-refractivity contribution in [3.8, 4) is 23.0 Å². The van der Waals surface area contributed by atoms with Crippen molar-refractivity contribution in [2.24, 2.45) is 0 Å². The fourth-order valence-electron chi connectivity index (χ4n) is 3.86. The molecule has 8 nitrogen and oxygen atoms in total. The molecule has 33 heavy (non-hydrogen) atoms. The zero-order chi connectivity index (χ0) is 23.4. The topological polar surface area (TPSA) is 79.4 Å². The van der Waals surface area contributed by atoms with Crippen LogP contribution in [0.3, 0.4) is 0 Å². The highest BCUT2D eigenvalue weighted by Gasteiger charge is 2.28. The number of aromatic nitrogens is 1. The second kappa shape index (κ2) is 10.3. The van der Waals surface area contributed by atoms with Gasteiger partial charge in [-0.3, -0.25) is 9.69 Å². The fraction of sp³-hybridized carbons (Fsp3) is 0.417. The van der Waals surface area contributed by atoms with Crippen molar-refractivity contribution in [2.75, 3.05) is 46.0 Å². The van der Waals surface area contributed by atoms with Gasteiger partial charge in [0, 0.05) is 12.2 Å². The van der Waals surface area contributed by atoms with Gasteiger partial charge in [-0.15, -0.1) is 0 Å². The molecular formula is C24H28N2O6S. The summed E-state index contributed by atoms with van der Waals surface area (Å²) in [7, 11) is 4.58. The van der Waals surface area contributed by atoms with Gasteiger partial charge in [-0.2, -0.15) is 0 Å². The van der Waals surface area contributed by atoms with Gasteiger partial charge < -0.3 is 23.7 Å². The molecule has 1 aromatic heterocycles. The van der Waals surface area contributed by atoms with E-state index in [2.05, 4.69) is 0 Å². The Labute approximate surface area is 197 Å². The maximum absolute atomic E-state index is 13.8. The molecule has 1 aliphatic rings. The Kier molecular flexibility index (Phi) is 7.20. The summed E-state index contributed by atoms with van der Waals surface area (Å²) in [6, 6.07) is 9.07. The number of methoxy groups -OCH3 is 3. The Hall–Kier alpha value is -3.04. The summed E-state index contributed by atoms with van der Waals surface area (Å²) in [5.74, 6) is 1.84. The van der Waals surface area contributed by atoms with Crippen LogP contribution in [0.25, 0.3) is 10.2 Å². The predicted molar refractivity (Wildman–Crippen MR) is 128 cm³/mol. The van der Waals surface area contributed by atoms with Gasteiger partial charge in [0.05, 0.1) is 50.8 Å². The van der Waals surface area contributed by atoms with Crippen LogP contribution < -0.4 is 23.8 Å². The maximum atomic E-state index is 13.8. The van der Waals surface area contributed by atoms with Crippen LogP contribution in [-0.2, 0) is 4.74 Å². The van der Waals surface area contributed by atoms with Crippen LogP contribution in [0.1, 0.15) is 30.1 Å². The number of hydrogen-bond acceptors (Lipinski definition) is 8. The molecular weight excluding hydrogens is 444 g/mol. The van der Waals surface area contributed by atoms with E-state index in [0.717, 1.165) is 28.8 Å². The highest BCUT2D eigenvalue weighted by molar-refractivity contribution is 7.22. The number of thiazole rings is 1. The van der Waals surface area contributed by atoms with Crippen LogP contribution in [0.4, 0.5) is 5.13 Å². The van der Waals surface area contributed by atoms with Crippen molar-refractivity contribution < 1.29 is 28.5 Å². The minimum Gasteiger partial charge on any atom is -0.494 e. The third kappa shape index (κ3) is 4.84. The van der Waals surface area contributed by atoms with Crippen molar-refractivity contribution >= 4 is 32.6 Å². The molecule has 0 saturated carbocycles. The number of fused-ring (bicyclic) bond motifs is 1. The molecule has 176 valence electrons. The highest BCUT2D eigenvalue weighted by atomic mass is 32.1. The number of carbonyl (C=O) groups excluding carboxylic acids is 1. The quantitative estimate of drug-likeness (QED) is 0.452. The first-order valence-electron chi connectivity index (χ1n) is 10.8. The Morgan fingerprint density at radius 3 is 2.52 bits per heavy atom. The van der Waals surface area contributed by atoms with Crippen LogP contribution in [0, 0.1) is 0 Å². The van der Waals surface area contributed by atoms with E-state index >= 15 is 0 Å². The SMILES string of the molecule is CCOc1ccc2nc(N(CC3CCCO3)C(=O)c3cc(OC)c(OC)c(OC)c3)sc2c1. The van der Waals surface area contributed by atoms with Gasteiger partial charge in [-0.25, -0.2) is 4.98 Å². The zero-order valence-electron chi connectivity index (χ0n) is 19.3. The molecule has 3 aromatic rings. The Morgan fingerprint density at radius 2 is 1.91 bits per heavy atom. The maximum Gasteiger partial charge on any atom is 0.260 e. The number of rotatable bonds is 9. The molecule has 1 amide bonds. The third-order valence-electron chi connectivity index (χ3n) is 5.46. The number of benzene rings is 2. The number of hydrogen-bond donors (Lipinski definition) is 0. The lowest BCUT2D eigenvalue weighted by Gasteiger charge is -2.24. The largest absolute Gasteiger partial charge is 0.494 e. The molecule has 4 rings (SSSR count). The zero-order valence-corrected chi connectivity index (χ0v) is 20.1. The van der Waals surface area contributed by atoms with Crippen LogP contribution in [0.15, 0.2) is 30.3 Å². The van der Waals surface area contributed by atoms with Crippen molar-refractivity contribution in [3.63, 3.8) is 0 Å². The molecule has 0 radical (unpaired) electrons. The summed E-state index contributed by atoms with van der Waals surface area (Å²) in [5.41, 5.74) is 1.23. The van der Waals surface area contributed by atoms with Gasteiger partial charge >= 0.3 is 0 Å². The monoisotopic (exact) mass is 472 g/mol. The molecule has 1 atom stereocenters. The summed E-state index contributed by atoms with van der Waals surface area (Å²) in [6.45, 7) is 3.64. The van der Waals surface area contributed by atoms with E-state index in [9.17, 15) is 4.79 Å². The number of amides is 1. The first-order valence-corrected chi connectivity index (χ1v) is 11.7. The van der Waals surface area contributed by atoms with Crippen LogP contribution in [0.2, 0.25) is 0 Å². The second-order valence-corrected chi connectivity index (χ2v) is 8.53. The fourth-order valence-corrected chi connectivity index (χ4v) is 4.87. The molecule has 0 N–H and O–H groups in total. The molecule has 2 aromatic carbocycles. The smallest absolute Gasteiger partial charge is 0.260 e. The lowest BCUT2D eigenvalue weighted by atomic mass is 10.1. The van der Waals surface area contributed by atoms with Crippen molar-refractivity contribution in [3.05, 3.63) is 35.9 Å². The lowest BCUT2D eigenvalue weighted by molar-refractivity contribution is 0.0917. The Morgan fingerprint density at radius 1 is 1.15 bits per heavy atom. The van der Waals surface area contributed by atoms with Gasteiger partial charge in [-0.05, 0) is 50.1 Å². The Bertz CT molecular complexity index is 1100. The van der Waals surface area contributed by atoms with Gasteiger partial charge in [0.1, 0.15) is 5.75 Å². The first-order chi connectivity index (χ1) is 16.1. The summed E-state index contributed by atoms with van der Waals surface area (Å²) >= 11 is 1.45. The number of carbonyl (C=O) groups is 1. The van der Waals surface area contributed by atoms with E-state index in [1.54, 1.807) is 17.0 Å². The molecule has 0 spiro atoms. The minimum atomic E-state index is -0.214. The highest BCUT2D eigenvalue weighted by Crippen LogP contribution is 2.39. The molecule has 1 unspecified atom stereocenters. The molecule has 9 heteroatoms. The molecule has 1 aliphatic heterocycles. The lowest BCUT2D eigenvalue weighted by Crippen LogP contribution is -2.37. The summed E-state index contributed by atoms with van der Waals surface area (Å²) in [6.07, 6.45) is 1.84. The van der Waals surface area contributed by atoms with Crippen LogP contribution in [-0.4, -0.2) is 58.1 Å². The predicted octanol–water partition coefficient (Wildman–Crippen LogP) is 4.55. The molecule has 1 fully saturated rings. The third-order valence-corrected chi connectivity index (χ3v) is 6.50.